The standard InChI is InChI=1S/C17H17ClF3N3O5S/c1-10(23)12(8-22)15(25)9-29-16(26)3-2-6-24-30(27,28)11-4-5-14(18)13(7-11)17(19,20)21/h4-5,7,24H,2-3,6,9,23H2,1H3/b12-10-. The summed E-state index contributed by atoms with van der Waals surface area (Å²) in [4.78, 5) is 22.6. The molecule has 30 heavy (non-hydrogen) atoms. The summed E-state index contributed by atoms with van der Waals surface area (Å²) in [6, 6.07) is 3.73. The van der Waals surface area contributed by atoms with Crippen molar-refractivity contribution in [3.05, 3.63) is 40.1 Å². The fourth-order valence-electron chi connectivity index (χ4n) is 2.07. The number of esters is 1. The second kappa shape index (κ2) is 10.4. The van der Waals surface area contributed by atoms with Crippen molar-refractivity contribution in [1.29, 1.82) is 5.26 Å². The molecule has 0 aromatic heterocycles. The Bertz CT molecular complexity index is 997. The molecule has 164 valence electrons. The molecule has 0 amide bonds. The van der Waals surface area contributed by atoms with E-state index in [4.69, 9.17) is 22.6 Å². The summed E-state index contributed by atoms with van der Waals surface area (Å²) in [7, 11) is -4.28. The summed E-state index contributed by atoms with van der Waals surface area (Å²) in [5.41, 5.74) is 3.69. The van der Waals surface area contributed by atoms with Crippen molar-refractivity contribution in [2.75, 3.05) is 13.2 Å². The first-order chi connectivity index (χ1) is 13.8. The number of alkyl halides is 3. The summed E-state index contributed by atoms with van der Waals surface area (Å²) < 4.78 is 69.5. The van der Waals surface area contributed by atoms with E-state index in [1.807, 2.05) is 0 Å². The van der Waals surface area contributed by atoms with Crippen molar-refractivity contribution < 1.29 is 35.9 Å². The van der Waals surface area contributed by atoms with Crippen LogP contribution in [0.2, 0.25) is 5.02 Å². The van der Waals surface area contributed by atoms with Crippen LogP contribution in [0.15, 0.2) is 34.4 Å². The Morgan fingerprint density at radius 2 is 1.97 bits per heavy atom. The predicted octanol–water partition coefficient (Wildman–Crippen LogP) is 2.29. The minimum atomic E-state index is -4.83. The Morgan fingerprint density at radius 3 is 2.50 bits per heavy atom. The molecular formula is C17H17ClF3N3O5S. The molecular weight excluding hydrogens is 451 g/mol. The SMILES string of the molecule is C/C(N)=C(\C#N)C(=O)COC(=O)CCCNS(=O)(=O)c1ccc(Cl)c(C(F)(F)F)c1. The molecule has 0 saturated heterocycles. The molecule has 0 aliphatic heterocycles. The molecule has 0 radical (unpaired) electrons. The number of sulfonamides is 1. The number of nitrogens with two attached hydrogens (primary N) is 1. The number of rotatable bonds is 9. The molecule has 1 aromatic rings. The van der Waals surface area contributed by atoms with Crippen molar-refractivity contribution in [1.82, 2.24) is 4.72 Å². The molecule has 0 unspecified atom stereocenters. The van der Waals surface area contributed by atoms with Crippen LogP contribution in [0.3, 0.4) is 0 Å². The highest BCUT2D eigenvalue weighted by atomic mass is 35.5. The number of nitriles is 1. The average Bonchev–Trinajstić information content (AvgIpc) is 2.63. The van der Waals surface area contributed by atoms with E-state index in [2.05, 4.69) is 9.46 Å². The van der Waals surface area contributed by atoms with Gasteiger partial charge in [-0.3, -0.25) is 9.59 Å². The minimum Gasteiger partial charge on any atom is -0.457 e. The van der Waals surface area contributed by atoms with E-state index in [0.29, 0.717) is 6.07 Å². The summed E-state index contributed by atoms with van der Waals surface area (Å²) in [6.07, 6.45) is -5.16. The molecule has 1 aromatic carbocycles. The number of nitrogens with one attached hydrogen (secondary N) is 1. The van der Waals surface area contributed by atoms with Gasteiger partial charge in [-0.15, -0.1) is 0 Å². The van der Waals surface area contributed by atoms with E-state index in [0.717, 1.165) is 12.1 Å². The van der Waals surface area contributed by atoms with Gasteiger partial charge in [-0.05, 0) is 31.5 Å². The summed E-state index contributed by atoms with van der Waals surface area (Å²) in [6.45, 7) is 0.357. The maximum Gasteiger partial charge on any atom is 0.417 e. The van der Waals surface area contributed by atoms with Crippen LogP contribution >= 0.6 is 11.6 Å². The summed E-state index contributed by atoms with van der Waals surface area (Å²) >= 11 is 5.45. The number of allylic oxidation sites excluding steroid dienone is 1. The largest absolute Gasteiger partial charge is 0.457 e. The van der Waals surface area contributed by atoms with Gasteiger partial charge < -0.3 is 10.5 Å². The van der Waals surface area contributed by atoms with Gasteiger partial charge >= 0.3 is 12.1 Å². The number of hydrogen-bond acceptors (Lipinski definition) is 7. The number of benzene rings is 1. The van der Waals surface area contributed by atoms with E-state index in [-0.39, 0.29) is 30.7 Å². The predicted molar refractivity (Wildman–Crippen MR) is 99.3 cm³/mol. The lowest BCUT2D eigenvalue weighted by atomic mass is 10.1. The Morgan fingerprint density at radius 1 is 1.33 bits per heavy atom. The molecule has 0 bridgehead atoms. The lowest BCUT2D eigenvalue weighted by Gasteiger charge is -2.12. The van der Waals surface area contributed by atoms with Crippen molar-refractivity contribution >= 4 is 33.4 Å². The van der Waals surface area contributed by atoms with Crippen molar-refractivity contribution in [2.24, 2.45) is 5.73 Å². The monoisotopic (exact) mass is 467 g/mol. The fraction of sp³-hybridized carbons (Fsp3) is 0.353. The number of ketones is 1. The number of carbonyl (C=O) groups is 2. The second-order valence-corrected chi connectivity index (χ2v) is 8.07. The van der Waals surface area contributed by atoms with Crippen LogP contribution in [0.25, 0.3) is 0 Å². The maximum atomic E-state index is 12.9. The third kappa shape index (κ3) is 7.33. The van der Waals surface area contributed by atoms with Gasteiger partial charge in [0.25, 0.3) is 0 Å². The normalized spacial score (nSPS) is 12.7. The van der Waals surface area contributed by atoms with Crippen molar-refractivity contribution in [2.45, 2.75) is 30.8 Å². The van der Waals surface area contributed by atoms with Gasteiger partial charge in [0.05, 0.1) is 15.5 Å². The molecule has 0 aliphatic rings. The van der Waals surface area contributed by atoms with Gasteiger partial charge in [-0.25, -0.2) is 13.1 Å². The Kier molecular flexibility index (Phi) is 8.83. The molecule has 3 N–H and O–H groups in total. The second-order valence-electron chi connectivity index (χ2n) is 5.89. The Balaban J connectivity index is 2.58. The highest BCUT2D eigenvalue weighted by Crippen LogP contribution is 2.35. The number of Topliss-reactive ketones (excluding diaryl/α,β-unsaturated/α-hetero) is 1. The Labute approximate surface area is 175 Å². The lowest BCUT2D eigenvalue weighted by Crippen LogP contribution is -2.26. The molecule has 13 heteroatoms. The van der Waals surface area contributed by atoms with Gasteiger partial charge in [0.15, 0.2) is 6.61 Å². The van der Waals surface area contributed by atoms with E-state index in [9.17, 15) is 31.2 Å². The fourth-order valence-corrected chi connectivity index (χ4v) is 3.40. The molecule has 1 rings (SSSR count). The van der Waals surface area contributed by atoms with Gasteiger partial charge in [0, 0.05) is 18.7 Å². The van der Waals surface area contributed by atoms with E-state index in [1.54, 1.807) is 6.07 Å². The third-order valence-corrected chi connectivity index (χ3v) is 5.34. The quantitative estimate of drug-likeness (QED) is 0.246. The van der Waals surface area contributed by atoms with E-state index >= 15 is 0 Å². The number of nitrogens with zero attached hydrogens (tertiary/aromatic N) is 1. The van der Waals surface area contributed by atoms with Crippen LogP contribution in [0.4, 0.5) is 13.2 Å². The van der Waals surface area contributed by atoms with Gasteiger partial charge in [0.1, 0.15) is 11.6 Å². The topological polar surface area (TPSA) is 139 Å². The number of carbonyl (C=O) groups excluding carboxylic acids is 2. The molecule has 0 fully saturated rings. The van der Waals surface area contributed by atoms with Gasteiger partial charge in [-0.2, -0.15) is 18.4 Å². The first-order valence-corrected chi connectivity index (χ1v) is 10.1. The minimum absolute atomic E-state index is 0.0242. The number of ether oxygens (including phenoxy) is 1. The van der Waals surface area contributed by atoms with E-state index < -0.39 is 50.0 Å². The van der Waals surface area contributed by atoms with Crippen LogP contribution in [0, 0.1) is 11.3 Å². The van der Waals surface area contributed by atoms with Crippen molar-refractivity contribution in [3.8, 4) is 6.07 Å². The number of halogens is 4. The summed E-state index contributed by atoms with van der Waals surface area (Å²) in [5, 5.41) is 8.13. The zero-order chi connectivity index (χ0) is 23.1. The van der Waals surface area contributed by atoms with E-state index in [1.165, 1.54) is 6.92 Å². The zero-order valence-electron chi connectivity index (χ0n) is 15.5. The first-order valence-electron chi connectivity index (χ1n) is 8.21. The molecule has 0 saturated carbocycles. The molecule has 0 atom stereocenters. The highest BCUT2D eigenvalue weighted by molar-refractivity contribution is 7.89. The Hall–Kier alpha value is -2.62. The average molecular weight is 468 g/mol. The molecule has 8 nitrogen and oxygen atoms in total. The zero-order valence-corrected chi connectivity index (χ0v) is 17.1. The smallest absolute Gasteiger partial charge is 0.417 e. The molecule has 0 heterocycles. The third-order valence-electron chi connectivity index (χ3n) is 3.55. The summed E-state index contributed by atoms with van der Waals surface area (Å²) in [5.74, 6) is -1.62. The lowest BCUT2D eigenvalue weighted by molar-refractivity contribution is -0.147. The highest BCUT2D eigenvalue weighted by Gasteiger charge is 2.34. The van der Waals surface area contributed by atoms with Crippen LogP contribution in [0.5, 0.6) is 0 Å². The first kappa shape index (κ1) is 25.4. The number of hydrogen-bond donors (Lipinski definition) is 2. The van der Waals surface area contributed by atoms with Crippen molar-refractivity contribution in [3.63, 3.8) is 0 Å². The van der Waals surface area contributed by atoms with Crippen LogP contribution in [-0.2, 0) is 30.5 Å². The molecule has 0 aliphatic carbocycles. The van der Waals surface area contributed by atoms with Crippen LogP contribution in [0.1, 0.15) is 25.3 Å². The van der Waals surface area contributed by atoms with Gasteiger partial charge in [-0.1, -0.05) is 11.6 Å². The van der Waals surface area contributed by atoms with Gasteiger partial charge in [0.2, 0.25) is 15.8 Å². The van der Waals surface area contributed by atoms with Crippen LogP contribution < -0.4 is 10.5 Å². The molecule has 0 spiro atoms. The maximum absolute atomic E-state index is 12.9. The van der Waals surface area contributed by atoms with Crippen LogP contribution in [-0.4, -0.2) is 33.3 Å².